The molecule has 0 saturated carbocycles. The van der Waals surface area contributed by atoms with Crippen molar-refractivity contribution in [2.75, 3.05) is 13.2 Å². The Kier molecular flexibility index (Phi) is 9.55. The molecule has 2 aromatic rings. The van der Waals surface area contributed by atoms with Gasteiger partial charge in [-0.3, -0.25) is 14.6 Å². The Balaban J connectivity index is 2.26. The van der Waals surface area contributed by atoms with E-state index >= 15 is 4.39 Å². The molecule has 0 saturated heterocycles. The normalized spacial score (nSPS) is 13.0. The van der Waals surface area contributed by atoms with Crippen LogP contribution in [0.5, 0.6) is 0 Å². The molecule has 0 fully saturated rings. The predicted molar refractivity (Wildman–Crippen MR) is 119 cm³/mol. The Morgan fingerprint density at radius 3 is 2.55 bits per heavy atom. The maximum atomic E-state index is 15.5. The summed E-state index contributed by atoms with van der Waals surface area (Å²) in [4.78, 5) is 29.0. The van der Waals surface area contributed by atoms with Crippen LogP contribution in [0.4, 0.5) is 4.39 Å². The average Bonchev–Trinajstić information content (AvgIpc) is 2.76. The van der Waals surface area contributed by atoms with Crippen LogP contribution in [0.1, 0.15) is 66.8 Å². The number of carbonyl (C=O) groups excluding carboxylic acids is 2. The van der Waals surface area contributed by atoms with E-state index in [1.165, 1.54) is 12.3 Å². The van der Waals surface area contributed by atoms with E-state index in [1.807, 2.05) is 20.8 Å². The zero-order chi connectivity index (χ0) is 23.0. The molecule has 0 bridgehead atoms. The van der Waals surface area contributed by atoms with E-state index in [1.54, 1.807) is 18.2 Å². The molecule has 0 radical (unpaired) electrons. The summed E-state index contributed by atoms with van der Waals surface area (Å²) in [6.45, 7) is 5.73. The molecule has 2 atom stereocenters. The molecular formula is C23H29ClFN3O3. The van der Waals surface area contributed by atoms with Gasteiger partial charge in [-0.25, -0.2) is 4.39 Å². The number of aliphatic hydroxyl groups is 1. The number of benzene rings is 1. The second kappa shape index (κ2) is 11.9. The van der Waals surface area contributed by atoms with Crippen LogP contribution in [0.25, 0.3) is 0 Å². The number of halogens is 2. The first-order valence-electron chi connectivity index (χ1n) is 10.4. The fourth-order valence-corrected chi connectivity index (χ4v) is 3.57. The molecule has 1 aromatic heterocycles. The zero-order valence-corrected chi connectivity index (χ0v) is 18.8. The van der Waals surface area contributed by atoms with Crippen LogP contribution >= 0.6 is 11.6 Å². The third kappa shape index (κ3) is 6.56. The van der Waals surface area contributed by atoms with Crippen molar-refractivity contribution in [3.05, 3.63) is 63.7 Å². The summed E-state index contributed by atoms with van der Waals surface area (Å²) in [6.07, 6.45) is 2.89. The van der Waals surface area contributed by atoms with Gasteiger partial charge in [0.25, 0.3) is 0 Å². The van der Waals surface area contributed by atoms with Crippen molar-refractivity contribution in [2.24, 2.45) is 0 Å². The van der Waals surface area contributed by atoms with Gasteiger partial charge in [0.15, 0.2) is 5.78 Å². The van der Waals surface area contributed by atoms with Gasteiger partial charge in [0, 0.05) is 48.1 Å². The lowest BCUT2D eigenvalue weighted by molar-refractivity contribution is -0.121. The minimum atomic E-state index is -0.673. The summed E-state index contributed by atoms with van der Waals surface area (Å²) in [5.74, 6) is -1.40. The molecule has 1 heterocycles. The number of rotatable bonds is 11. The zero-order valence-electron chi connectivity index (χ0n) is 18.0. The number of hydrogen-bond donors (Lipinski definition) is 3. The SMILES string of the molecule is CCc1ccc(C(=O)c2c(Cl)ccc(C(CC)N[C@@H](C)CC(=O)NCCO)c2F)cn1. The van der Waals surface area contributed by atoms with Crippen molar-refractivity contribution in [1.29, 1.82) is 0 Å². The first kappa shape index (κ1) is 24.9. The second-order valence-electron chi connectivity index (χ2n) is 7.35. The van der Waals surface area contributed by atoms with Gasteiger partial charge in [-0.2, -0.15) is 0 Å². The number of pyridine rings is 1. The van der Waals surface area contributed by atoms with Gasteiger partial charge in [0.1, 0.15) is 5.82 Å². The molecule has 8 heteroatoms. The van der Waals surface area contributed by atoms with Crippen LogP contribution in [-0.4, -0.2) is 41.0 Å². The van der Waals surface area contributed by atoms with Crippen molar-refractivity contribution >= 4 is 23.3 Å². The van der Waals surface area contributed by atoms with E-state index in [4.69, 9.17) is 16.7 Å². The Morgan fingerprint density at radius 1 is 1.23 bits per heavy atom. The minimum absolute atomic E-state index is 0.0390. The molecule has 6 nitrogen and oxygen atoms in total. The summed E-state index contributed by atoms with van der Waals surface area (Å²) in [6, 6.07) is 5.78. The summed E-state index contributed by atoms with van der Waals surface area (Å²) < 4.78 is 15.5. The standard InChI is InChI=1S/C23H29ClFN3O3/c1-4-16-7-6-15(13-27-16)23(31)21-18(24)9-8-17(22(21)25)19(5-2)28-14(3)12-20(30)26-10-11-29/h6-9,13-14,19,28-29H,4-5,10-12H2,1-3H3,(H,26,30)/t14-,19?/m0/s1. The number of carbonyl (C=O) groups is 2. The fourth-order valence-electron chi connectivity index (χ4n) is 3.33. The van der Waals surface area contributed by atoms with Gasteiger partial charge in [-0.05, 0) is 38.0 Å². The van der Waals surface area contributed by atoms with E-state index < -0.39 is 17.6 Å². The number of hydrogen-bond acceptors (Lipinski definition) is 5. The Labute approximate surface area is 187 Å². The topological polar surface area (TPSA) is 91.3 Å². The fraction of sp³-hybridized carbons (Fsp3) is 0.435. The molecule has 0 aliphatic heterocycles. The van der Waals surface area contributed by atoms with Crippen LogP contribution < -0.4 is 10.6 Å². The molecule has 1 aromatic carbocycles. The van der Waals surface area contributed by atoms with Crippen LogP contribution in [0.15, 0.2) is 30.5 Å². The average molecular weight is 450 g/mol. The first-order chi connectivity index (χ1) is 14.8. The number of aliphatic hydroxyl groups excluding tert-OH is 1. The predicted octanol–water partition coefficient (Wildman–Crippen LogP) is 3.60. The van der Waals surface area contributed by atoms with Crippen molar-refractivity contribution in [3.63, 3.8) is 0 Å². The molecule has 1 unspecified atom stereocenters. The smallest absolute Gasteiger partial charge is 0.221 e. The number of nitrogens with zero attached hydrogens (tertiary/aromatic N) is 1. The molecule has 0 aliphatic carbocycles. The molecule has 0 aliphatic rings. The van der Waals surface area contributed by atoms with Crippen LogP contribution in [0.2, 0.25) is 5.02 Å². The van der Waals surface area contributed by atoms with Gasteiger partial charge in [-0.15, -0.1) is 0 Å². The van der Waals surface area contributed by atoms with Crippen molar-refractivity contribution in [2.45, 2.75) is 52.1 Å². The Morgan fingerprint density at radius 2 is 1.97 bits per heavy atom. The molecule has 31 heavy (non-hydrogen) atoms. The third-order valence-corrected chi connectivity index (χ3v) is 5.31. The third-order valence-electron chi connectivity index (χ3n) is 4.99. The van der Waals surface area contributed by atoms with Gasteiger partial charge in [-0.1, -0.05) is 31.5 Å². The van der Waals surface area contributed by atoms with Gasteiger partial charge in [0.05, 0.1) is 17.2 Å². The highest BCUT2D eigenvalue weighted by Gasteiger charge is 2.25. The Hall–Kier alpha value is -2.35. The molecule has 3 N–H and O–H groups in total. The maximum absolute atomic E-state index is 15.5. The van der Waals surface area contributed by atoms with Crippen molar-refractivity contribution in [1.82, 2.24) is 15.6 Å². The van der Waals surface area contributed by atoms with Crippen LogP contribution in [0, 0.1) is 5.82 Å². The number of nitrogens with one attached hydrogen (secondary N) is 2. The number of ketones is 1. The number of aromatic nitrogens is 1. The monoisotopic (exact) mass is 449 g/mol. The minimum Gasteiger partial charge on any atom is -0.395 e. The molecule has 1 amide bonds. The lowest BCUT2D eigenvalue weighted by Crippen LogP contribution is -2.37. The highest BCUT2D eigenvalue weighted by Crippen LogP contribution is 2.30. The lowest BCUT2D eigenvalue weighted by atomic mass is 9.96. The summed E-state index contributed by atoms with van der Waals surface area (Å²) in [5.41, 5.74) is 1.24. The van der Waals surface area contributed by atoms with Crippen molar-refractivity contribution in [3.8, 4) is 0 Å². The van der Waals surface area contributed by atoms with Crippen LogP contribution in [-0.2, 0) is 11.2 Å². The number of amides is 1. The first-order valence-corrected chi connectivity index (χ1v) is 10.8. The quantitative estimate of drug-likeness (QED) is 0.456. The van der Waals surface area contributed by atoms with Gasteiger partial charge >= 0.3 is 0 Å². The lowest BCUT2D eigenvalue weighted by Gasteiger charge is -2.24. The molecule has 0 spiro atoms. The second-order valence-corrected chi connectivity index (χ2v) is 7.76. The van der Waals surface area contributed by atoms with E-state index in [9.17, 15) is 9.59 Å². The van der Waals surface area contributed by atoms with E-state index in [0.717, 1.165) is 12.1 Å². The van der Waals surface area contributed by atoms with Gasteiger partial charge in [0.2, 0.25) is 5.91 Å². The summed E-state index contributed by atoms with van der Waals surface area (Å²) in [7, 11) is 0. The molecule has 2 rings (SSSR count). The van der Waals surface area contributed by atoms with Gasteiger partial charge < -0.3 is 15.7 Å². The van der Waals surface area contributed by atoms with E-state index in [2.05, 4.69) is 15.6 Å². The highest BCUT2D eigenvalue weighted by atomic mass is 35.5. The van der Waals surface area contributed by atoms with Crippen molar-refractivity contribution < 1.29 is 19.1 Å². The maximum Gasteiger partial charge on any atom is 0.221 e. The van der Waals surface area contributed by atoms with E-state index in [0.29, 0.717) is 12.0 Å². The summed E-state index contributed by atoms with van der Waals surface area (Å²) in [5, 5.41) is 14.7. The largest absolute Gasteiger partial charge is 0.395 e. The van der Waals surface area contributed by atoms with Crippen LogP contribution in [0.3, 0.4) is 0 Å². The number of aryl methyl sites for hydroxylation is 1. The highest BCUT2D eigenvalue weighted by molar-refractivity contribution is 6.35. The molecular weight excluding hydrogens is 421 g/mol. The Bertz CT molecular complexity index is 906. The molecule has 168 valence electrons. The van der Waals surface area contributed by atoms with E-state index in [-0.39, 0.29) is 47.7 Å². The summed E-state index contributed by atoms with van der Waals surface area (Å²) >= 11 is 6.20.